The van der Waals surface area contributed by atoms with Gasteiger partial charge in [-0.05, 0) is 47.4 Å². The Labute approximate surface area is 148 Å². The van der Waals surface area contributed by atoms with Gasteiger partial charge in [0.15, 0.2) is 0 Å². The molecule has 0 atom stereocenters. The topological polar surface area (TPSA) is 38.3 Å². The smallest absolute Gasteiger partial charge is 0.224 e. The van der Waals surface area contributed by atoms with Gasteiger partial charge in [0.1, 0.15) is 5.75 Å². The number of hydrogen-bond donors (Lipinski definition) is 1. The second kappa shape index (κ2) is 8.15. The minimum absolute atomic E-state index is 0.0200. The Morgan fingerprint density at radius 2 is 1.60 bits per heavy atom. The van der Waals surface area contributed by atoms with Crippen molar-refractivity contribution in [3.8, 4) is 16.9 Å². The van der Waals surface area contributed by atoms with Gasteiger partial charge in [0.25, 0.3) is 0 Å². The summed E-state index contributed by atoms with van der Waals surface area (Å²) >= 11 is 0. The number of nitrogens with one attached hydrogen (secondary N) is 1. The predicted molar refractivity (Wildman–Crippen MR) is 102 cm³/mol. The van der Waals surface area contributed by atoms with E-state index >= 15 is 0 Å². The minimum atomic E-state index is 0.0200. The zero-order valence-corrected chi connectivity index (χ0v) is 14.2. The van der Waals surface area contributed by atoms with Gasteiger partial charge in [-0.25, -0.2) is 0 Å². The fraction of sp³-hybridized carbons (Fsp3) is 0.136. The zero-order chi connectivity index (χ0) is 17.5. The van der Waals surface area contributed by atoms with Gasteiger partial charge in [-0.1, -0.05) is 54.6 Å². The number of carbonyl (C=O) groups is 1. The number of hydrogen-bond acceptors (Lipinski definition) is 2. The van der Waals surface area contributed by atoms with E-state index in [4.69, 9.17) is 4.74 Å². The maximum Gasteiger partial charge on any atom is 0.224 e. The summed E-state index contributed by atoms with van der Waals surface area (Å²) in [6.45, 7) is 0. The number of benzene rings is 3. The molecule has 0 saturated heterocycles. The first-order valence-electron chi connectivity index (χ1n) is 8.33. The van der Waals surface area contributed by atoms with E-state index in [2.05, 4.69) is 5.32 Å². The Kier molecular flexibility index (Phi) is 5.47. The van der Waals surface area contributed by atoms with Crippen LogP contribution in [0.15, 0.2) is 78.9 Å². The van der Waals surface area contributed by atoms with Crippen molar-refractivity contribution in [2.45, 2.75) is 12.8 Å². The number of rotatable bonds is 6. The monoisotopic (exact) mass is 331 g/mol. The minimum Gasteiger partial charge on any atom is -0.497 e. The van der Waals surface area contributed by atoms with E-state index in [1.807, 2.05) is 78.9 Å². The summed E-state index contributed by atoms with van der Waals surface area (Å²) in [7, 11) is 1.66. The fourth-order valence-electron chi connectivity index (χ4n) is 2.71. The number of ether oxygens (including phenoxy) is 1. The van der Waals surface area contributed by atoms with Crippen molar-refractivity contribution in [2.75, 3.05) is 12.4 Å². The van der Waals surface area contributed by atoms with Crippen molar-refractivity contribution in [1.82, 2.24) is 0 Å². The van der Waals surface area contributed by atoms with Crippen molar-refractivity contribution in [3.05, 3.63) is 84.4 Å². The summed E-state index contributed by atoms with van der Waals surface area (Å²) in [5, 5.41) is 2.98. The van der Waals surface area contributed by atoms with E-state index in [1.54, 1.807) is 7.11 Å². The highest BCUT2D eigenvalue weighted by atomic mass is 16.5. The van der Waals surface area contributed by atoms with Crippen molar-refractivity contribution in [1.29, 1.82) is 0 Å². The molecule has 1 N–H and O–H groups in total. The molecular weight excluding hydrogens is 310 g/mol. The first-order valence-corrected chi connectivity index (χ1v) is 8.33. The molecule has 0 saturated carbocycles. The van der Waals surface area contributed by atoms with Crippen molar-refractivity contribution in [3.63, 3.8) is 0 Å². The lowest BCUT2D eigenvalue weighted by atomic mass is 10.0. The Morgan fingerprint density at radius 3 is 2.36 bits per heavy atom. The van der Waals surface area contributed by atoms with E-state index < -0.39 is 0 Å². The molecule has 0 radical (unpaired) electrons. The average Bonchev–Trinajstić information content (AvgIpc) is 2.67. The lowest BCUT2D eigenvalue weighted by Gasteiger charge is -2.09. The van der Waals surface area contributed by atoms with Gasteiger partial charge in [0, 0.05) is 12.1 Å². The lowest BCUT2D eigenvalue weighted by molar-refractivity contribution is -0.116. The van der Waals surface area contributed by atoms with Crippen molar-refractivity contribution >= 4 is 11.6 Å². The number of anilines is 1. The summed E-state index contributed by atoms with van der Waals surface area (Å²) < 4.78 is 5.28. The van der Waals surface area contributed by atoms with Crippen molar-refractivity contribution < 1.29 is 9.53 Å². The molecule has 0 unspecified atom stereocenters. The van der Waals surface area contributed by atoms with E-state index in [0.717, 1.165) is 29.0 Å². The second-order valence-electron chi connectivity index (χ2n) is 5.85. The standard InChI is InChI=1S/C22H21NO2/c1-25-21-12-6-10-19(16-21)18-9-5-11-20(15-18)23-22(24)14-13-17-7-3-2-4-8-17/h2-12,15-16H,13-14H2,1H3,(H,23,24). The molecule has 25 heavy (non-hydrogen) atoms. The third kappa shape index (κ3) is 4.70. The highest BCUT2D eigenvalue weighted by Crippen LogP contribution is 2.26. The molecule has 1 amide bonds. The lowest BCUT2D eigenvalue weighted by Crippen LogP contribution is -2.12. The van der Waals surface area contributed by atoms with Gasteiger partial charge < -0.3 is 10.1 Å². The molecule has 0 aliphatic heterocycles. The molecule has 3 nitrogen and oxygen atoms in total. The fourth-order valence-corrected chi connectivity index (χ4v) is 2.71. The van der Waals surface area contributed by atoms with Crippen LogP contribution in [0, 0.1) is 0 Å². The molecule has 0 aliphatic carbocycles. The van der Waals surface area contributed by atoms with Gasteiger partial charge in [0.05, 0.1) is 7.11 Å². The summed E-state index contributed by atoms with van der Waals surface area (Å²) in [5.41, 5.74) is 4.07. The van der Waals surface area contributed by atoms with Crippen LogP contribution in [-0.2, 0) is 11.2 Å². The maximum atomic E-state index is 12.2. The first kappa shape index (κ1) is 16.8. The summed E-state index contributed by atoms with van der Waals surface area (Å²) in [5.74, 6) is 0.835. The molecule has 0 bridgehead atoms. The van der Waals surface area contributed by atoms with E-state index in [-0.39, 0.29) is 5.91 Å². The highest BCUT2D eigenvalue weighted by molar-refractivity contribution is 5.91. The third-order valence-corrected chi connectivity index (χ3v) is 4.03. The van der Waals surface area contributed by atoms with Crippen LogP contribution in [0.2, 0.25) is 0 Å². The van der Waals surface area contributed by atoms with Gasteiger partial charge in [-0.15, -0.1) is 0 Å². The normalized spacial score (nSPS) is 10.3. The van der Waals surface area contributed by atoms with Crippen LogP contribution < -0.4 is 10.1 Å². The Hall–Kier alpha value is -3.07. The summed E-state index contributed by atoms with van der Waals surface area (Å²) in [6.07, 6.45) is 1.20. The Balaban J connectivity index is 1.66. The van der Waals surface area contributed by atoms with E-state index in [9.17, 15) is 4.79 Å². The quantitative estimate of drug-likeness (QED) is 0.695. The molecular formula is C22H21NO2. The number of carbonyl (C=O) groups excluding carboxylic acids is 1. The molecule has 0 spiro atoms. The molecule has 0 aliphatic rings. The Morgan fingerprint density at radius 1 is 0.880 bits per heavy atom. The van der Waals surface area contributed by atoms with Crippen LogP contribution in [-0.4, -0.2) is 13.0 Å². The van der Waals surface area contributed by atoms with Crippen LogP contribution in [0.5, 0.6) is 5.75 Å². The largest absolute Gasteiger partial charge is 0.497 e. The molecule has 0 aromatic heterocycles. The predicted octanol–water partition coefficient (Wildman–Crippen LogP) is 4.93. The molecule has 3 rings (SSSR count). The molecule has 126 valence electrons. The SMILES string of the molecule is COc1cccc(-c2cccc(NC(=O)CCc3ccccc3)c2)c1. The number of amides is 1. The van der Waals surface area contributed by atoms with Crippen LogP contribution in [0.1, 0.15) is 12.0 Å². The third-order valence-electron chi connectivity index (χ3n) is 4.03. The van der Waals surface area contributed by atoms with Crippen LogP contribution >= 0.6 is 0 Å². The molecule has 3 aromatic carbocycles. The van der Waals surface area contributed by atoms with Crippen LogP contribution in [0.4, 0.5) is 5.69 Å². The second-order valence-corrected chi connectivity index (χ2v) is 5.85. The summed E-state index contributed by atoms with van der Waals surface area (Å²) in [6, 6.07) is 25.8. The number of aryl methyl sites for hydroxylation is 1. The van der Waals surface area contributed by atoms with Crippen molar-refractivity contribution in [2.24, 2.45) is 0 Å². The first-order chi connectivity index (χ1) is 12.2. The molecule has 0 heterocycles. The highest BCUT2D eigenvalue weighted by Gasteiger charge is 2.05. The van der Waals surface area contributed by atoms with Gasteiger partial charge in [-0.3, -0.25) is 4.79 Å². The van der Waals surface area contributed by atoms with Gasteiger partial charge in [-0.2, -0.15) is 0 Å². The molecule has 3 aromatic rings. The summed E-state index contributed by atoms with van der Waals surface area (Å²) in [4.78, 5) is 12.2. The van der Waals surface area contributed by atoms with Crippen LogP contribution in [0.25, 0.3) is 11.1 Å². The number of methoxy groups -OCH3 is 1. The van der Waals surface area contributed by atoms with Gasteiger partial charge in [0.2, 0.25) is 5.91 Å². The van der Waals surface area contributed by atoms with E-state index in [1.165, 1.54) is 5.56 Å². The van der Waals surface area contributed by atoms with E-state index in [0.29, 0.717) is 6.42 Å². The Bertz CT molecular complexity index is 843. The van der Waals surface area contributed by atoms with Crippen LogP contribution in [0.3, 0.4) is 0 Å². The zero-order valence-electron chi connectivity index (χ0n) is 14.2. The molecule has 3 heteroatoms. The average molecular weight is 331 g/mol. The van der Waals surface area contributed by atoms with Gasteiger partial charge >= 0.3 is 0 Å². The maximum absolute atomic E-state index is 12.2. The molecule has 0 fully saturated rings.